The first kappa shape index (κ1) is 18.0. The van der Waals surface area contributed by atoms with Crippen molar-refractivity contribution in [3.63, 3.8) is 0 Å². The highest BCUT2D eigenvalue weighted by molar-refractivity contribution is 5.79. The first-order valence-electron chi connectivity index (χ1n) is 10.4. The number of carbonyl (C=O) groups is 2. The summed E-state index contributed by atoms with van der Waals surface area (Å²) in [4.78, 5) is 23.5. The van der Waals surface area contributed by atoms with Crippen molar-refractivity contribution in [3.05, 3.63) is 23.5 Å². The summed E-state index contributed by atoms with van der Waals surface area (Å²) in [6.07, 6.45) is 12.3. The lowest BCUT2D eigenvalue weighted by molar-refractivity contribution is -0.137. The van der Waals surface area contributed by atoms with Crippen molar-refractivity contribution < 1.29 is 14.3 Å². The van der Waals surface area contributed by atoms with Crippen molar-refractivity contribution >= 4 is 11.8 Å². The Labute approximate surface area is 157 Å². The number of allylic oxidation sites excluding steroid dienone is 4. The number of fused-ring (bicyclic) bond motifs is 5. The third-order valence-corrected chi connectivity index (χ3v) is 8.50. The van der Waals surface area contributed by atoms with Crippen molar-refractivity contribution in [2.45, 2.75) is 72.6 Å². The summed E-state index contributed by atoms with van der Waals surface area (Å²) >= 11 is 0. The Hall–Kier alpha value is -1.38. The van der Waals surface area contributed by atoms with Gasteiger partial charge >= 0.3 is 5.97 Å². The Morgan fingerprint density at radius 2 is 1.85 bits per heavy atom. The highest BCUT2D eigenvalue weighted by Gasteiger charge is 2.59. The molecule has 4 aliphatic carbocycles. The minimum Gasteiger partial charge on any atom is -0.431 e. The van der Waals surface area contributed by atoms with Crippen LogP contribution in [0.25, 0.3) is 0 Å². The number of Topliss-reactive ketones (excluding diaryl/α,β-unsaturated/α-hetero) is 1. The van der Waals surface area contributed by atoms with Gasteiger partial charge in [0.2, 0.25) is 0 Å². The van der Waals surface area contributed by atoms with Crippen LogP contribution in [0.1, 0.15) is 72.6 Å². The van der Waals surface area contributed by atoms with Crippen molar-refractivity contribution in [2.24, 2.45) is 34.5 Å². The van der Waals surface area contributed by atoms with Crippen molar-refractivity contribution in [1.29, 1.82) is 0 Å². The summed E-state index contributed by atoms with van der Waals surface area (Å²) in [6, 6.07) is 0. The standard InChI is InChI=1S/C23H32O3/c1-14(24)19-7-8-20-18-6-5-16-13-17(26-15(2)25)9-11-22(16,3)21(18)10-12-23(19,20)4/h5,13,18-21H,6-12H2,1-4H3. The fourth-order valence-corrected chi connectivity index (χ4v) is 7.23. The molecule has 26 heavy (non-hydrogen) atoms. The van der Waals surface area contributed by atoms with Crippen LogP contribution in [0.2, 0.25) is 0 Å². The molecular formula is C23H32O3. The van der Waals surface area contributed by atoms with Gasteiger partial charge in [-0.05, 0) is 85.7 Å². The molecule has 6 unspecified atom stereocenters. The summed E-state index contributed by atoms with van der Waals surface area (Å²) in [7, 11) is 0. The van der Waals surface area contributed by atoms with Crippen molar-refractivity contribution in [1.82, 2.24) is 0 Å². The van der Waals surface area contributed by atoms with Crippen LogP contribution in [0, 0.1) is 34.5 Å². The molecule has 0 aliphatic heterocycles. The molecule has 0 aromatic carbocycles. The van der Waals surface area contributed by atoms with Crippen LogP contribution in [0.3, 0.4) is 0 Å². The summed E-state index contributed by atoms with van der Waals surface area (Å²) in [6.45, 7) is 8.10. The molecule has 3 nitrogen and oxygen atoms in total. The molecule has 0 N–H and O–H groups in total. The second-order valence-electron chi connectivity index (χ2n) is 9.68. The van der Waals surface area contributed by atoms with E-state index < -0.39 is 0 Å². The van der Waals surface area contributed by atoms with E-state index in [1.807, 2.05) is 0 Å². The van der Waals surface area contributed by atoms with E-state index in [0.29, 0.717) is 23.5 Å². The van der Waals surface area contributed by atoms with Gasteiger partial charge < -0.3 is 4.74 Å². The maximum Gasteiger partial charge on any atom is 0.307 e. The predicted molar refractivity (Wildman–Crippen MR) is 101 cm³/mol. The zero-order chi connectivity index (χ0) is 18.7. The second kappa shape index (κ2) is 6.07. The number of hydrogen-bond acceptors (Lipinski definition) is 3. The van der Waals surface area contributed by atoms with Crippen LogP contribution in [-0.2, 0) is 14.3 Å². The quantitative estimate of drug-likeness (QED) is 0.638. The molecule has 0 bridgehead atoms. The number of ether oxygens (including phenoxy) is 1. The minimum absolute atomic E-state index is 0.197. The maximum atomic E-state index is 12.2. The molecule has 0 aromatic rings. The number of hydrogen-bond donors (Lipinski definition) is 0. The monoisotopic (exact) mass is 356 g/mol. The van der Waals surface area contributed by atoms with Crippen LogP contribution in [-0.4, -0.2) is 11.8 Å². The normalized spacial score (nSPS) is 44.2. The van der Waals surface area contributed by atoms with Gasteiger partial charge in [-0.25, -0.2) is 0 Å². The lowest BCUT2D eigenvalue weighted by Gasteiger charge is -2.56. The van der Waals surface area contributed by atoms with Gasteiger partial charge in [0.05, 0.1) is 0 Å². The summed E-state index contributed by atoms with van der Waals surface area (Å²) < 4.78 is 5.39. The van der Waals surface area contributed by atoms with Crippen LogP contribution in [0.4, 0.5) is 0 Å². The molecular weight excluding hydrogens is 324 g/mol. The number of esters is 1. The zero-order valence-corrected chi connectivity index (χ0v) is 16.6. The number of carbonyl (C=O) groups excluding carboxylic acids is 2. The van der Waals surface area contributed by atoms with Crippen molar-refractivity contribution in [2.75, 3.05) is 0 Å². The maximum absolute atomic E-state index is 12.2. The zero-order valence-electron chi connectivity index (χ0n) is 16.6. The Morgan fingerprint density at radius 3 is 2.54 bits per heavy atom. The van der Waals surface area contributed by atoms with E-state index in [-0.39, 0.29) is 22.7 Å². The molecule has 4 rings (SSSR count). The molecule has 2 fully saturated rings. The summed E-state index contributed by atoms with van der Waals surface area (Å²) in [5.41, 5.74) is 1.79. The highest BCUT2D eigenvalue weighted by atomic mass is 16.5. The predicted octanol–water partition coefficient (Wildman–Crippen LogP) is 5.21. The lowest BCUT2D eigenvalue weighted by atomic mass is 9.48. The lowest BCUT2D eigenvalue weighted by Crippen LogP contribution is -2.49. The van der Waals surface area contributed by atoms with Gasteiger partial charge in [0.25, 0.3) is 0 Å². The third-order valence-electron chi connectivity index (χ3n) is 8.50. The topological polar surface area (TPSA) is 43.4 Å². The molecule has 0 heterocycles. The van der Waals surface area contributed by atoms with Crippen LogP contribution >= 0.6 is 0 Å². The third kappa shape index (κ3) is 2.53. The van der Waals surface area contributed by atoms with E-state index in [9.17, 15) is 9.59 Å². The summed E-state index contributed by atoms with van der Waals surface area (Å²) in [5.74, 6) is 3.37. The first-order chi connectivity index (χ1) is 12.3. The van der Waals surface area contributed by atoms with Crippen LogP contribution in [0.15, 0.2) is 23.5 Å². The molecule has 0 spiro atoms. The van der Waals surface area contributed by atoms with Gasteiger partial charge in [0, 0.05) is 19.3 Å². The molecule has 0 saturated heterocycles. The molecule has 3 heteroatoms. The Bertz CT molecular complexity index is 702. The number of ketones is 1. The van der Waals surface area contributed by atoms with Crippen LogP contribution < -0.4 is 0 Å². The fourth-order valence-electron chi connectivity index (χ4n) is 7.23. The van der Waals surface area contributed by atoms with E-state index in [0.717, 1.165) is 31.4 Å². The van der Waals surface area contributed by atoms with Gasteiger partial charge in [-0.2, -0.15) is 0 Å². The van der Waals surface area contributed by atoms with Gasteiger partial charge in [-0.15, -0.1) is 0 Å². The Balaban J connectivity index is 1.64. The SMILES string of the molecule is CC(=O)OC1=CC2=CCC3C(CCC4(C)C(C(C)=O)CCC34)C2(C)CC1. The molecule has 4 aliphatic rings. The van der Waals surface area contributed by atoms with E-state index in [1.54, 1.807) is 6.92 Å². The van der Waals surface area contributed by atoms with Gasteiger partial charge in [0.15, 0.2) is 0 Å². The van der Waals surface area contributed by atoms with Crippen molar-refractivity contribution in [3.8, 4) is 0 Å². The fraction of sp³-hybridized carbons (Fsp3) is 0.739. The Morgan fingerprint density at radius 1 is 1.08 bits per heavy atom. The van der Waals surface area contributed by atoms with E-state index >= 15 is 0 Å². The average Bonchev–Trinajstić information content (AvgIpc) is 2.92. The molecule has 0 radical (unpaired) electrons. The molecule has 0 amide bonds. The molecule has 6 atom stereocenters. The minimum atomic E-state index is -0.219. The summed E-state index contributed by atoms with van der Waals surface area (Å²) in [5, 5.41) is 0. The molecule has 0 aromatic heterocycles. The van der Waals surface area contributed by atoms with Gasteiger partial charge in [-0.1, -0.05) is 19.9 Å². The van der Waals surface area contributed by atoms with E-state index in [4.69, 9.17) is 4.74 Å². The first-order valence-corrected chi connectivity index (χ1v) is 10.4. The molecule has 142 valence electrons. The smallest absolute Gasteiger partial charge is 0.307 e. The highest BCUT2D eigenvalue weighted by Crippen LogP contribution is 2.66. The second-order valence-corrected chi connectivity index (χ2v) is 9.68. The van der Waals surface area contributed by atoms with Gasteiger partial charge in [-0.3, -0.25) is 9.59 Å². The van der Waals surface area contributed by atoms with E-state index in [1.165, 1.54) is 31.8 Å². The Kier molecular flexibility index (Phi) is 4.20. The largest absolute Gasteiger partial charge is 0.431 e. The number of rotatable bonds is 2. The van der Waals surface area contributed by atoms with Crippen LogP contribution in [0.5, 0.6) is 0 Å². The molecule has 2 saturated carbocycles. The van der Waals surface area contributed by atoms with E-state index in [2.05, 4.69) is 26.0 Å². The van der Waals surface area contributed by atoms with Gasteiger partial charge in [0.1, 0.15) is 11.5 Å². The average molecular weight is 357 g/mol.